The summed E-state index contributed by atoms with van der Waals surface area (Å²) in [5, 5.41) is 74.6. The van der Waals surface area contributed by atoms with Crippen molar-refractivity contribution in [3.8, 4) is 156 Å². The van der Waals surface area contributed by atoms with Crippen LogP contribution in [0.5, 0.6) is 51.7 Å². The maximum Gasteiger partial charge on any atom is 0.139 e. The fourth-order valence-electron chi connectivity index (χ4n) is 18.0. The monoisotopic (exact) mass is 1850 g/mol. The number of pyridine rings is 3. The molecule has 10 aromatic rings. The maximum atomic E-state index is 13.7. The molecule has 0 radical (unpaired) electrons. The fraction of sp³-hybridized carbons (Fsp3) is 0.452. The number of aromatic hydroxyl groups is 6. The minimum absolute atomic E-state index is 0.0587. The topological polar surface area (TPSA) is 188 Å². The number of hydrogen-bond acceptors (Lipinski definition) is 12. The van der Waals surface area contributed by atoms with E-state index >= 15 is 0 Å². The Morgan fingerprint density at radius 2 is 0.406 bits per heavy atom. The molecule has 3 aromatic heterocycles. The van der Waals surface area contributed by atoms with E-state index in [-0.39, 0.29) is 34.5 Å². The number of phenols is 6. The summed E-state index contributed by atoms with van der Waals surface area (Å²) in [4.78, 5) is 15.2. The summed E-state index contributed by atoms with van der Waals surface area (Å²) >= 11 is 0. The second-order valence-electron chi connectivity index (χ2n) is 37.5. The van der Waals surface area contributed by atoms with Gasteiger partial charge < -0.3 is 44.8 Å². The summed E-state index contributed by atoms with van der Waals surface area (Å²) in [5.41, 5.74) is 17.2. The Morgan fingerprint density at radius 3 is 0.638 bits per heavy atom. The lowest BCUT2D eigenvalue weighted by Gasteiger charge is -2.26. The van der Waals surface area contributed by atoms with Gasteiger partial charge in [0.25, 0.3) is 0 Å². The zero-order chi connectivity index (χ0) is 98.2. The van der Waals surface area contributed by atoms with Crippen LogP contribution in [0.4, 0.5) is 0 Å². The molecule has 138 heavy (non-hydrogen) atoms. The third kappa shape index (κ3) is 34.0. The average molecular weight is 1850 g/mol. The van der Waals surface area contributed by atoms with Gasteiger partial charge in [-0.3, -0.25) is 0 Å². The molecule has 7 aromatic carbocycles. The average Bonchev–Trinajstić information content (AvgIpc) is 0.728. The Labute approximate surface area is 828 Å². The van der Waals surface area contributed by atoms with Gasteiger partial charge in [-0.25, -0.2) is 15.0 Å². The molecule has 0 atom stereocenters. The number of hydrogen-bond donors (Lipinski definition) is 6. The SMILES string of the molecule is CCCCCCCCOc1cc(C#Cc2cc(CCCCC)ccc2O)nc(C#Cc2cc(CCCCC)cc(-c3c(C)c(-c4cc(CCCCC)cc(C#Cc5cc(OCCCCCCCC)cc(C#Cc6cc(CCCCC)ccc6O)n5)c4O)c(C)c(-c4cc(CCCCC)cc(C#Cc5cc(OCCCCCCCC)cc(C#Cc6cc(CCCCC)ccc6O)n5)c4O)c3C)c2O)c1. The van der Waals surface area contributed by atoms with E-state index in [1.807, 2.05) is 91.0 Å². The van der Waals surface area contributed by atoms with Crippen molar-refractivity contribution in [1.82, 2.24) is 15.0 Å². The van der Waals surface area contributed by atoms with Crippen LogP contribution in [0.15, 0.2) is 127 Å². The molecule has 12 nitrogen and oxygen atoms in total. The zero-order valence-corrected chi connectivity index (χ0v) is 85.2. The maximum absolute atomic E-state index is 13.7. The predicted octanol–water partition coefficient (Wildman–Crippen LogP) is 31.0. The molecule has 0 amide bonds. The molecule has 726 valence electrons. The van der Waals surface area contributed by atoms with Gasteiger partial charge in [-0.2, -0.15) is 0 Å². The van der Waals surface area contributed by atoms with Crippen LogP contribution in [0.2, 0.25) is 0 Å². The van der Waals surface area contributed by atoms with E-state index in [9.17, 15) is 30.6 Å². The molecule has 0 aliphatic carbocycles. The van der Waals surface area contributed by atoms with Crippen LogP contribution >= 0.6 is 0 Å². The van der Waals surface area contributed by atoms with Gasteiger partial charge in [0.1, 0.15) is 85.9 Å². The minimum atomic E-state index is -0.0587. The molecule has 6 N–H and O–H groups in total. The molecule has 3 heterocycles. The third-order valence-electron chi connectivity index (χ3n) is 25.8. The van der Waals surface area contributed by atoms with Crippen LogP contribution in [0, 0.1) is 91.8 Å². The van der Waals surface area contributed by atoms with Gasteiger partial charge in [0.15, 0.2) is 0 Å². The van der Waals surface area contributed by atoms with Gasteiger partial charge in [0.05, 0.1) is 53.2 Å². The molecule has 0 spiro atoms. The second kappa shape index (κ2) is 59.0. The van der Waals surface area contributed by atoms with E-state index in [1.54, 1.807) is 18.2 Å². The molecule has 0 fully saturated rings. The molecule has 0 aliphatic rings. The van der Waals surface area contributed by atoms with Crippen LogP contribution in [-0.4, -0.2) is 65.4 Å². The molecule has 0 saturated heterocycles. The molecule has 12 heteroatoms. The van der Waals surface area contributed by atoms with Crippen molar-refractivity contribution < 1.29 is 44.8 Å². The zero-order valence-electron chi connectivity index (χ0n) is 85.2. The summed E-state index contributed by atoms with van der Waals surface area (Å²) in [6.45, 7) is 27.5. The van der Waals surface area contributed by atoms with Crippen LogP contribution in [0.25, 0.3) is 33.4 Å². The van der Waals surface area contributed by atoms with Gasteiger partial charge in [0, 0.05) is 53.1 Å². The lowest BCUT2D eigenvalue weighted by atomic mass is 9.78. The van der Waals surface area contributed by atoms with E-state index in [4.69, 9.17) is 29.2 Å². The van der Waals surface area contributed by atoms with Crippen LogP contribution < -0.4 is 14.2 Å². The van der Waals surface area contributed by atoms with Crippen molar-refractivity contribution in [2.45, 2.75) is 353 Å². The van der Waals surface area contributed by atoms with Gasteiger partial charge in [-0.1, -0.05) is 289 Å². The van der Waals surface area contributed by atoms with E-state index in [0.29, 0.717) is 157 Å². The van der Waals surface area contributed by atoms with E-state index < -0.39 is 0 Å². The molecule has 0 saturated carbocycles. The Morgan fingerprint density at radius 1 is 0.210 bits per heavy atom. The molecular formula is C126H153N3O9. The van der Waals surface area contributed by atoms with Crippen molar-refractivity contribution in [1.29, 1.82) is 0 Å². The molecule has 0 unspecified atom stereocenters. The smallest absolute Gasteiger partial charge is 0.139 e. The number of unbranched alkanes of at least 4 members (excludes halogenated alkanes) is 27. The first-order chi connectivity index (χ1) is 67.3. The van der Waals surface area contributed by atoms with E-state index in [0.717, 1.165) is 243 Å². The molecule has 0 aliphatic heterocycles. The van der Waals surface area contributed by atoms with Crippen molar-refractivity contribution in [3.05, 3.63) is 245 Å². The lowest BCUT2D eigenvalue weighted by Crippen LogP contribution is -2.04. The molecule has 0 bridgehead atoms. The van der Waals surface area contributed by atoms with Crippen molar-refractivity contribution in [2.24, 2.45) is 0 Å². The van der Waals surface area contributed by atoms with Crippen LogP contribution in [0.3, 0.4) is 0 Å². The highest BCUT2D eigenvalue weighted by molar-refractivity contribution is 5.96. The largest absolute Gasteiger partial charge is 0.507 e. The summed E-state index contributed by atoms with van der Waals surface area (Å²) in [7, 11) is 0. The van der Waals surface area contributed by atoms with Gasteiger partial charge in [-0.15, -0.1) is 0 Å². The highest BCUT2D eigenvalue weighted by Crippen LogP contribution is 2.51. The molecular weight excluding hydrogens is 1700 g/mol. The number of ether oxygens (including phenoxy) is 3. The first-order valence-corrected chi connectivity index (χ1v) is 52.5. The number of phenolic OH excluding ortho intramolecular Hbond substituents is 6. The highest BCUT2D eigenvalue weighted by atomic mass is 16.5. The number of benzene rings is 7. The molecule has 10 rings (SSSR count). The first kappa shape index (κ1) is 108. The summed E-state index contributed by atoms with van der Waals surface area (Å²) in [5.74, 6) is 41.9. The summed E-state index contributed by atoms with van der Waals surface area (Å²) in [6.07, 6.45) is 42.7. The number of aromatic nitrogens is 3. The van der Waals surface area contributed by atoms with Gasteiger partial charge in [-0.05, 0) is 292 Å². The summed E-state index contributed by atoms with van der Waals surface area (Å²) < 4.78 is 19.6. The fourth-order valence-corrected chi connectivity index (χ4v) is 18.0. The predicted molar refractivity (Wildman–Crippen MR) is 571 cm³/mol. The van der Waals surface area contributed by atoms with Crippen molar-refractivity contribution >= 4 is 0 Å². The Balaban J connectivity index is 1.22. The van der Waals surface area contributed by atoms with E-state index in [1.165, 1.54) is 57.8 Å². The summed E-state index contributed by atoms with van der Waals surface area (Å²) in [6, 6.07) is 40.2. The second-order valence-corrected chi connectivity index (χ2v) is 37.5. The van der Waals surface area contributed by atoms with Crippen LogP contribution in [-0.2, 0) is 38.5 Å². The number of aryl methyl sites for hydroxylation is 6. The van der Waals surface area contributed by atoms with E-state index in [2.05, 4.69) is 172 Å². The standard InChI is InChI=1S/C126H153N3O9/c1-13-22-31-34-37-46-73-136-112-85-106(64-58-100-76-94(49-40-25-16-4)55-70-118(100)130)127-109(88-112)67-61-103-79-97(52-43-28-19-7)82-115(124(103)133)121-91(10)122(116-83-98(53-44-29-20-8)80-104(125(116)134)62-68-110-89-113(137-74-47-38-35-32-23-14-2)86-107(128-110)65-59-101-77-95(50-41-26-17-5)56-71-119(101)131)93(12)123(92(121)11)117-84-99(54-45-30-21-9)81-105(126(117)135)63-69-111-90-114(138-75-48-39-36-33-24-15-3)87-108(129-111)66-60-102-78-96(51-42-27-18-6)57-72-120(102)132/h55-57,70-72,76-90,130-135H,13-54,73-75H2,1-12H3. The van der Waals surface area contributed by atoms with Crippen LogP contribution in [0.1, 0.15) is 411 Å². The normalized spacial score (nSPS) is 10.9. The van der Waals surface area contributed by atoms with Gasteiger partial charge in [0.2, 0.25) is 0 Å². The number of rotatable bonds is 51. The van der Waals surface area contributed by atoms with Crippen molar-refractivity contribution in [2.75, 3.05) is 19.8 Å². The quantitative estimate of drug-likeness (QED) is 0.0157. The first-order valence-electron chi connectivity index (χ1n) is 52.5. The van der Waals surface area contributed by atoms with Gasteiger partial charge >= 0.3 is 0 Å². The lowest BCUT2D eigenvalue weighted by molar-refractivity contribution is 0.303. The van der Waals surface area contributed by atoms with Crippen molar-refractivity contribution in [3.63, 3.8) is 0 Å². The number of nitrogens with zero attached hydrogens (tertiary/aromatic N) is 3. The minimum Gasteiger partial charge on any atom is -0.507 e. The Kier molecular flexibility index (Phi) is 46.0. The highest BCUT2D eigenvalue weighted by Gasteiger charge is 2.29. The Bertz CT molecular complexity index is 5450. The Hall–Kier alpha value is -12.5. The third-order valence-corrected chi connectivity index (χ3v) is 25.8.